The molecule has 0 spiro atoms. The number of nitrogens with one attached hydrogen (secondary N) is 1. The average molecular weight is 171 g/mol. The zero-order valence-electron chi connectivity index (χ0n) is 6.90. The van der Waals surface area contributed by atoms with E-state index < -0.39 is 0 Å². The van der Waals surface area contributed by atoms with Gasteiger partial charge in [0.05, 0.1) is 5.02 Å². The first-order valence-electron chi connectivity index (χ1n) is 3.46. The maximum absolute atomic E-state index is 5.85. The molecule has 0 bridgehead atoms. The van der Waals surface area contributed by atoms with Crippen LogP contribution >= 0.6 is 11.6 Å². The molecule has 0 saturated heterocycles. The van der Waals surface area contributed by atoms with Crippen LogP contribution in [0.5, 0.6) is 0 Å². The Morgan fingerprint density at radius 3 is 2.55 bits per heavy atom. The van der Waals surface area contributed by atoms with Crippen molar-refractivity contribution < 1.29 is 0 Å². The number of hydrogen-bond acceptors (Lipinski definition) is 2. The maximum atomic E-state index is 5.85. The lowest BCUT2D eigenvalue weighted by atomic mass is 10.2. The molecule has 0 fully saturated rings. The second-order valence-corrected chi connectivity index (χ2v) is 2.86. The van der Waals surface area contributed by atoms with Crippen LogP contribution in [0.2, 0.25) is 5.02 Å². The molecular weight excluding hydrogens is 160 g/mol. The molecule has 0 aromatic carbocycles. The first kappa shape index (κ1) is 8.34. The van der Waals surface area contributed by atoms with Gasteiger partial charge in [0, 0.05) is 13.2 Å². The fraction of sp³-hybridized carbons (Fsp3) is 0.375. The minimum atomic E-state index is 0.724. The highest BCUT2D eigenvalue weighted by molar-refractivity contribution is 6.31. The maximum Gasteiger partial charge on any atom is 0.128 e. The molecule has 0 amide bonds. The van der Waals surface area contributed by atoms with Gasteiger partial charge in [-0.2, -0.15) is 0 Å². The predicted octanol–water partition coefficient (Wildman–Crippen LogP) is 2.39. The smallest absolute Gasteiger partial charge is 0.128 e. The van der Waals surface area contributed by atoms with Gasteiger partial charge in [0.25, 0.3) is 0 Å². The number of pyridine rings is 1. The summed E-state index contributed by atoms with van der Waals surface area (Å²) in [5.74, 6) is 0.895. The van der Waals surface area contributed by atoms with Crippen molar-refractivity contribution in [2.75, 3.05) is 12.4 Å². The minimum Gasteiger partial charge on any atom is -0.373 e. The van der Waals surface area contributed by atoms with E-state index in [-0.39, 0.29) is 0 Å². The topological polar surface area (TPSA) is 24.9 Å². The molecule has 1 aromatic rings. The standard InChI is InChI=1S/C8H11ClN2/c1-5-6(2)8(10-3)11-4-7(5)9/h4H,1-3H3,(H,10,11). The fourth-order valence-corrected chi connectivity index (χ4v) is 1.11. The van der Waals surface area contributed by atoms with Crippen molar-refractivity contribution in [3.05, 3.63) is 22.3 Å². The van der Waals surface area contributed by atoms with Crippen LogP contribution in [0.15, 0.2) is 6.20 Å². The summed E-state index contributed by atoms with van der Waals surface area (Å²) in [5, 5.41) is 3.72. The molecule has 1 heterocycles. The molecule has 60 valence electrons. The molecule has 0 radical (unpaired) electrons. The number of anilines is 1. The van der Waals surface area contributed by atoms with Crippen molar-refractivity contribution in [2.45, 2.75) is 13.8 Å². The number of hydrogen-bond donors (Lipinski definition) is 1. The van der Waals surface area contributed by atoms with E-state index in [0.717, 1.165) is 22.0 Å². The Bertz CT molecular complexity index is 271. The Morgan fingerprint density at radius 1 is 1.36 bits per heavy atom. The van der Waals surface area contributed by atoms with E-state index in [1.807, 2.05) is 20.9 Å². The predicted molar refractivity (Wildman–Crippen MR) is 48.3 cm³/mol. The number of rotatable bonds is 1. The second-order valence-electron chi connectivity index (χ2n) is 2.45. The molecule has 0 aliphatic heterocycles. The number of halogens is 1. The van der Waals surface area contributed by atoms with Gasteiger partial charge in [0.1, 0.15) is 5.82 Å². The van der Waals surface area contributed by atoms with E-state index in [1.165, 1.54) is 0 Å². The van der Waals surface area contributed by atoms with E-state index in [1.54, 1.807) is 6.20 Å². The summed E-state index contributed by atoms with van der Waals surface area (Å²) < 4.78 is 0. The Balaban J connectivity index is 3.25. The van der Waals surface area contributed by atoms with Crippen molar-refractivity contribution in [1.82, 2.24) is 4.98 Å². The Labute approximate surface area is 71.6 Å². The van der Waals surface area contributed by atoms with Gasteiger partial charge in [-0.25, -0.2) is 4.98 Å². The molecule has 11 heavy (non-hydrogen) atoms. The highest BCUT2D eigenvalue weighted by atomic mass is 35.5. The van der Waals surface area contributed by atoms with Crippen LogP contribution in [0.3, 0.4) is 0 Å². The van der Waals surface area contributed by atoms with Crippen LogP contribution in [-0.2, 0) is 0 Å². The van der Waals surface area contributed by atoms with Gasteiger partial charge in [0.15, 0.2) is 0 Å². The van der Waals surface area contributed by atoms with Crippen molar-refractivity contribution in [2.24, 2.45) is 0 Å². The molecule has 3 heteroatoms. The third kappa shape index (κ3) is 1.46. The largest absolute Gasteiger partial charge is 0.373 e. The van der Waals surface area contributed by atoms with E-state index in [0.29, 0.717) is 0 Å². The highest BCUT2D eigenvalue weighted by Crippen LogP contribution is 2.21. The molecule has 0 saturated carbocycles. The Hall–Kier alpha value is -0.760. The zero-order chi connectivity index (χ0) is 8.43. The lowest BCUT2D eigenvalue weighted by Crippen LogP contribution is -1.97. The fourth-order valence-electron chi connectivity index (χ4n) is 0.924. The van der Waals surface area contributed by atoms with Crippen LogP contribution in [0.4, 0.5) is 5.82 Å². The molecule has 1 N–H and O–H groups in total. The quantitative estimate of drug-likeness (QED) is 0.700. The molecule has 0 unspecified atom stereocenters. The number of nitrogens with zero attached hydrogens (tertiary/aromatic N) is 1. The number of aromatic nitrogens is 1. The van der Waals surface area contributed by atoms with Crippen molar-refractivity contribution >= 4 is 17.4 Å². The molecular formula is C8H11ClN2. The molecule has 1 rings (SSSR count). The molecule has 0 aliphatic carbocycles. The van der Waals surface area contributed by atoms with E-state index in [9.17, 15) is 0 Å². The van der Waals surface area contributed by atoms with Gasteiger partial charge in [-0.15, -0.1) is 0 Å². The molecule has 0 aliphatic rings. The second kappa shape index (κ2) is 3.09. The van der Waals surface area contributed by atoms with Crippen LogP contribution in [0.25, 0.3) is 0 Å². The van der Waals surface area contributed by atoms with Crippen LogP contribution in [0, 0.1) is 13.8 Å². The van der Waals surface area contributed by atoms with Crippen LogP contribution in [-0.4, -0.2) is 12.0 Å². The third-order valence-electron chi connectivity index (χ3n) is 1.82. The molecule has 1 aromatic heterocycles. The summed E-state index contributed by atoms with van der Waals surface area (Å²) >= 11 is 5.85. The van der Waals surface area contributed by atoms with Gasteiger partial charge in [-0.1, -0.05) is 11.6 Å². The first-order chi connectivity index (χ1) is 5.16. The summed E-state index contributed by atoms with van der Waals surface area (Å²) in [6, 6.07) is 0. The third-order valence-corrected chi connectivity index (χ3v) is 2.20. The van der Waals surface area contributed by atoms with Crippen LogP contribution in [0.1, 0.15) is 11.1 Å². The van der Waals surface area contributed by atoms with E-state index in [2.05, 4.69) is 10.3 Å². The van der Waals surface area contributed by atoms with Gasteiger partial charge < -0.3 is 5.32 Å². The van der Waals surface area contributed by atoms with Crippen LogP contribution < -0.4 is 5.32 Å². The summed E-state index contributed by atoms with van der Waals surface area (Å²) in [6.45, 7) is 3.99. The normalized spacial score (nSPS) is 9.82. The van der Waals surface area contributed by atoms with Crippen molar-refractivity contribution in [1.29, 1.82) is 0 Å². The minimum absolute atomic E-state index is 0.724. The SMILES string of the molecule is CNc1ncc(Cl)c(C)c1C. The Kier molecular flexibility index (Phi) is 2.35. The summed E-state index contributed by atoms with van der Waals surface area (Å²) in [6.07, 6.45) is 1.66. The summed E-state index contributed by atoms with van der Waals surface area (Å²) in [5.41, 5.74) is 2.20. The van der Waals surface area contributed by atoms with Gasteiger partial charge in [-0.3, -0.25) is 0 Å². The molecule has 0 atom stereocenters. The van der Waals surface area contributed by atoms with E-state index in [4.69, 9.17) is 11.6 Å². The zero-order valence-corrected chi connectivity index (χ0v) is 7.66. The van der Waals surface area contributed by atoms with Crippen molar-refractivity contribution in [3.8, 4) is 0 Å². The first-order valence-corrected chi connectivity index (χ1v) is 3.84. The highest BCUT2D eigenvalue weighted by Gasteiger charge is 2.03. The Morgan fingerprint density at radius 2 is 2.00 bits per heavy atom. The summed E-state index contributed by atoms with van der Waals surface area (Å²) in [4.78, 5) is 4.11. The van der Waals surface area contributed by atoms with E-state index >= 15 is 0 Å². The lowest BCUT2D eigenvalue weighted by Gasteiger charge is -2.07. The summed E-state index contributed by atoms with van der Waals surface area (Å²) in [7, 11) is 1.85. The van der Waals surface area contributed by atoms with Gasteiger partial charge in [0.2, 0.25) is 0 Å². The average Bonchev–Trinajstić information content (AvgIpc) is 2.01. The lowest BCUT2D eigenvalue weighted by molar-refractivity contribution is 1.20. The monoisotopic (exact) mass is 170 g/mol. The molecule has 2 nitrogen and oxygen atoms in total. The van der Waals surface area contributed by atoms with Gasteiger partial charge in [-0.05, 0) is 25.0 Å². The van der Waals surface area contributed by atoms with Gasteiger partial charge >= 0.3 is 0 Å². The van der Waals surface area contributed by atoms with Crippen molar-refractivity contribution in [3.63, 3.8) is 0 Å².